The van der Waals surface area contributed by atoms with Gasteiger partial charge < -0.3 is 20.7 Å². The highest BCUT2D eigenvalue weighted by Gasteiger charge is 2.17. The monoisotopic (exact) mass is 197 g/mol. The van der Waals surface area contributed by atoms with Crippen LogP contribution in [0.5, 0.6) is 11.5 Å². The number of carbonyl (C=O) groups excluding carboxylic acids is 1. The number of ether oxygens (including phenoxy) is 1. The first-order valence-electron chi connectivity index (χ1n) is 3.93. The first-order valence-corrected chi connectivity index (χ1v) is 3.93. The summed E-state index contributed by atoms with van der Waals surface area (Å²) in [6.45, 7) is 0.169. The van der Waals surface area contributed by atoms with E-state index in [1.165, 1.54) is 12.1 Å². The second kappa shape index (κ2) is 3.97. The Hall–Kier alpha value is -1.75. The van der Waals surface area contributed by atoms with Crippen molar-refractivity contribution >= 4 is 5.97 Å². The van der Waals surface area contributed by atoms with E-state index in [-0.39, 0.29) is 23.6 Å². The molecule has 0 saturated carbocycles. The van der Waals surface area contributed by atoms with Gasteiger partial charge >= 0.3 is 5.97 Å². The van der Waals surface area contributed by atoms with Gasteiger partial charge in [-0.05, 0) is 17.7 Å². The van der Waals surface area contributed by atoms with Gasteiger partial charge in [-0.25, -0.2) is 4.79 Å². The Morgan fingerprint density at radius 2 is 1.93 bits per heavy atom. The first kappa shape index (κ1) is 10.3. The number of benzene rings is 1. The molecule has 76 valence electrons. The number of nitrogens with two attached hydrogens (primary N) is 1. The van der Waals surface area contributed by atoms with Crippen LogP contribution >= 0.6 is 0 Å². The molecule has 1 rings (SSSR count). The molecule has 0 atom stereocenters. The van der Waals surface area contributed by atoms with Gasteiger partial charge in [-0.2, -0.15) is 0 Å². The maximum atomic E-state index is 11.1. The molecule has 14 heavy (non-hydrogen) atoms. The van der Waals surface area contributed by atoms with E-state index in [0.29, 0.717) is 5.56 Å². The van der Waals surface area contributed by atoms with Gasteiger partial charge in [0.15, 0.2) is 0 Å². The molecule has 0 aromatic heterocycles. The number of hydrogen-bond donors (Lipinski definition) is 3. The first-order chi connectivity index (χ1) is 6.60. The van der Waals surface area contributed by atoms with E-state index in [2.05, 4.69) is 4.74 Å². The number of phenolic OH excluding ortho intramolecular Hbond substituents is 2. The van der Waals surface area contributed by atoms with E-state index in [0.717, 1.165) is 7.11 Å². The third kappa shape index (κ3) is 1.77. The summed E-state index contributed by atoms with van der Waals surface area (Å²) in [5, 5.41) is 18.8. The van der Waals surface area contributed by atoms with Crippen LogP contribution in [0.1, 0.15) is 15.9 Å². The zero-order valence-corrected chi connectivity index (χ0v) is 7.65. The minimum atomic E-state index is -0.788. The summed E-state index contributed by atoms with van der Waals surface area (Å²) in [6.07, 6.45) is 0. The van der Waals surface area contributed by atoms with Crippen LogP contribution in [-0.2, 0) is 11.3 Å². The third-order valence-corrected chi connectivity index (χ3v) is 1.78. The molecule has 0 aliphatic carbocycles. The van der Waals surface area contributed by atoms with E-state index >= 15 is 0 Å². The Bertz CT molecular complexity index is 339. The number of carbonyl (C=O) groups is 1. The Kier molecular flexibility index (Phi) is 2.93. The maximum absolute atomic E-state index is 11.1. The average molecular weight is 197 g/mol. The number of esters is 1. The average Bonchev–Trinajstić information content (AvgIpc) is 2.16. The molecule has 0 heterocycles. The van der Waals surface area contributed by atoms with E-state index in [9.17, 15) is 15.0 Å². The fourth-order valence-electron chi connectivity index (χ4n) is 1.10. The second-order valence-corrected chi connectivity index (χ2v) is 2.70. The van der Waals surface area contributed by atoms with Gasteiger partial charge in [0.25, 0.3) is 0 Å². The van der Waals surface area contributed by atoms with Crippen molar-refractivity contribution in [3.63, 3.8) is 0 Å². The van der Waals surface area contributed by atoms with Gasteiger partial charge in [0.05, 0.1) is 7.11 Å². The standard InChI is InChI=1S/C9H11NO4/c1-14-9(13)8-6(11)2-5(4-10)3-7(8)12/h2-3,11-12H,4,10H2,1H3. The summed E-state index contributed by atoms with van der Waals surface area (Å²) in [5.74, 6) is -1.46. The van der Waals surface area contributed by atoms with Crippen molar-refractivity contribution in [3.8, 4) is 11.5 Å². The van der Waals surface area contributed by atoms with Gasteiger partial charge in [0.1, 0.15) is 17.1 Å². The summed E-state index contributed by atoms with van der Waals surface area (Å²) in [5.41, 5.74) is 5.60. The lowest BCUT2D eigenvalue weighted by molar-refractivity contribution is 0.0594. The molecule has 0 amide bonds. The molecule has 0 saturated heterocycles. The van der Waals surface area contributed by atoms with Crippen LogP contribution in [0.4, 0.5) is 0 Å². The van der Waals surface area contributed by atoms with Gasteiger partial charge in [0, 0.05) is 6.54 Å². The fourth-order valence-corrected chi connectivity index (χ4v) is 1.10. The minimum absolute atomic E-state index is 0.169. The molecule has 0 aliphatic rings. The molecule has 5 nitrogen and oxygen atoms in total. The van der Waals surface area contributed by atoms with Crippen molar-refractivity contribution in [2.75, 3.05) is 7.11 Å². The van der Waals surface area contributed by atoms with Crippen LogP contribution < -0.4 is 5.73 Å². The smallest absolute Gasteiger partial charge is 0.345 e. The minimum Gasteiger partial charge on any atom is -0.507 e. The molecule has 1 aromatic rings. The Morgan fingerprint density at radius 3 is 2.29 bits per heavy atom. The number of phenols is 2. The van der Waals surface area contributed by atoms with Crippen LogP contribution in [0.15, 0.2) is 12.1 Å². The van der Waals surface area contributed by atoms with Crippen molar-refractivity contribution < 1.29 is 19.7 Å². The van der Waals surface area contributed by atoms with Crippen LogP contribution in [0.25, 0.3) is 0 Å². The van der Waals surface area contributed by atoms with Crippen LogP contribution in [-0.4, -0.2) is 23.3 Å². The summed E-state index contributed by atoms with van der Waals surface area (Å²) >= 11 is 0. The number of methoxy groups -OCH3 is 1. The molecular weight excluding hydrogens is 186 g/mol. The maximum Gasteiger partial charge on any atom is 0.345 e. The van der Waals surface area contributed by atoms with Crippen molar-refractivity contribution in [3.05, 3.63) is 23.3 Å². The second-order valence-electron chi connectivity index (χ2n) is 2.70. The third-order valence-electron chi connectivity index (χ3n) is 1.78. The van der Waals surface area contributed by atoms with Gasteiger partial charge in [-0.1, -0.05) is 0 Å². The van der Waals surface area contributed by atoms with Gasteiger partial charge in [-0.15, -0.1) is 0 Å². The summed E-state index contributed by atoms with van der Waals surface area (Å²) < 4.78 is 4.38. The van der Waals surface area contributed by atoms with Crippen molar-refractivity contribution in [1.82, 2.24) is 0 Å². The molecule has 0 bridgehead atoms. The lowest BCUT2D eigenvalue weighted by Gasteiger charge is -2.06. The normalized spacial score (nSPS) is 9.86. The highest BCUT2D eigenvalue weighted by Crippen LogP contribution is 2.29. The van der Waals surface area contributed by atoms with Crippen molar-refractivity contribution in [2.45, 2.75) is 6.54 Å². The molecule has 1 aromatic carbocycles. The highest BCUT2D eigenvalue weighted by atomic mass is 16.5. The summed E-state index contributed by atoms with van der Waals surface area (Å²) in [4.78, 5) is 11.1. The van der Waals surface area contributed by atoms with Gasteiger partial charge in [-0.3, -0.25) is 0 Å². The molecule has 5 heteroatoms. The largest absolute Gasteiger partial charge is 0.507 e. The molecular formula is C9H11NO4. The zero-order chi connectivity index (χ0) is 10.7. The van der Waals surface area contributed by atoms with E-state index in [1.54, 1.807) is 0 Å². The van der Waals surface area contributed by atoms with E-state index in [1.807, 2.05) is 0 Å². The van der Waals surface area contributed by atoms with Crippen molar-refractivity contribution in [2.24, 2.45) is 5.73 Å². The number of aromatic hydroxyl groups is 2. The van der Waals surface area contributed by atoms with Crippen LogP contribution in [0.3, 0.4) is 0 Å². The van der Waals surface area contributed by atoms with E-state index in [4.69, 9.17) is 5.73 Å². The van der Waals surface area contributed by atoms with E-state index < -0.39 is 5.97 Å². The summed E-state index contributed by atoms with van der Waals surface area (Å²) in [6, 6.07) is 2.62. The number of rotatable bonds is 2. The predicted molar refractivity (Wildman–Crippen MR) is 49.0 cm³/mol. The molecule has 0 fully saturated rings. The Balaban J connectivity index is 3.25. The SMILES string of the molecule is COC(=O)c1c(O)cc(CN)cc1O. The highest BCUT2D eigenvalue weighted by molar-refractivity contribution is 5.95. The topological polar surface area (TPSA) is 92.8 Å². The van der Waals surface area contributed by atoms with Crippen molar-refractivity contribution in [1.29, 1.82) is 0 Å². The van der Waals surface area contributed by atoms with Crippen LogP contribution in [0, 0.1) is 0 Å². The van der Waals surface area contributed by atoms with Gasteiger partial charge in [0.2, 0.25) is 0 Å². The molecule has 0 aliphatic heterocycles. The molecule has 4 N–H and O–H groups in total. The molecule has 0 unspecified atom stereocenters. The predicted octanol–water partition coefficient (Wildman–Crippen LogP) is 0.343. The molecule has 0 radical (unpaired) electrons. The number of hydrogen-bond acceptors (Lipinski definition) is 5. The zero-order valence-electron chi connectivity index (χ0n) is 7.65. The summed E-state index contributed by atoms with van der Waals surface area (Å²) in [7, 11) is 1.16. The lowest BCUT2D eigenvalue weighted by atomic mass is 10.1. The van der Waals surface area contributed by atoms with Crippen LogP contribution in [0.2, 0.25) is 0 Å². The fraction of sp³-hybridized carbons (Fsp3) is 0.222. The quantitative estimate of drug-likeness (QED) is 0.594. The molecule has 0 spiro atoms. The lowest BCUT2D eigenvalue weighted by Crippen LogP contribution is -2.04. The Morgan fingerprint density at radius 1 is 1.43 bits per heavy atom. The Labute approximate surface area is 80.7 Å².